The molecule has 0 aromatic heterocycles. The van der Waals surface area contributed by atoms with Gasteiger partial charge in [0.15, 0.2) is 0 Å². The topological polar surface area (TPSA) is 0 Å². The average molecular weight is 205 g/mol. The fourth-order valence-electron chi connectivity index (χ4n) is 1.53. The highest BCUT2D eigenvalue weighted by Crippen LogP contribution is 2.38. The van der Waals surface area contributed by atoms with Crippen molar-refractivity contribution in [2.75, 3.05) is 0 Å². The highest BCUT2D eigenvalue weighted by atomic mass is 35.5. The Hall–Kier alpha value is 0.0600. The minimum Gasteiger partial charge on any atom is -0.113 e. The maximum Gasteiger partial charge on any atom is 0.0810 e. The Morgan fingerprint density at radius 3 is 2.33 bits per heavy atom. The van der Waals surface area contributed by atoms with E-state index in [0.717, 1.165) is 5.57 Å². The first kappa shape index (κ1) is 10.1. The number of rotatable bonds is 0. The molecule has 0 radical (unpaired) electrons. The van der Waals surface area contributed by atoms with E-state index in [-0.39, 0.29) is 10.3 Å². The smallest absolute Gasteiger partial charge is 0.0810 e. The molecule has 1 rings (SSSR count). The average Bonchev–Trinajstić information content (AvgIpc) is 1.97. The van der Waals surface area contributed by atoms with Crippen LogP contribution in [-0.2, 0) is 0 Å². The Bertz CT molecular complexity index is 259. The van der Waals surface area contributed by atoms with Gasteiger partial charge in [-0.15, -0.1) is 23.2 Å². The summed E-state index contributed by atoms with van der Waals surface area (Å²) < 4.78 is 0. The number of allylic oxidation sites excluding steroid dienone is 4. The molecule has 0 N–H and O–H groups in total. The second kappa shape index (κ2) is 3.08. The van der Waals surface area contributed by atoms with Gasteiger partial charge in [0, 0.05) is 0 Å². The zero-order valence-corrected chi connectivity index (χ0v) is 9.42. The van der Waals surface area contributed by atoms with E-state index in [2.05, 4.69) is 0 Å². The maximum absolute atomic E-state index is 6.28. The Morgan fingerprint density at radius 2 is 1.83 bits per heavy atom. The summed E-state index contributed by atoms with van der Waals surface area (Å²) in [5, 5.41) is 0.0387. The summed E-state index contributed by atoms with van der Waals surface area (Å²) in [4.78, 5) is -0.334. The predicted molar refractivity (Wildman–Crippen MR) is 56.0 cm³/mol. The molecule has 1 aliphatic rings. The maximum atomic E-state index is 6.28. The van der Waals surface area contributed by atoms with Gasteiger partial charge in [-0.25, -0.2) is 0 Å². The molecular weight excluding hydrogens is 191 g/mol. The SMILES string of the molecule is CC1=CC(C)(Cl)C(C)=C(C)C1Cl. The lowest BCUT2D eigenvalue weighted by Crippen LogP contribution is -2.25. The Labute approximate surface area is 84.2 Å². The van der Waals surface area contributed by atoms with Crippen molar-refractivity contribution in [2.24, 2.45) is 0 Å². The molecule has 2 unspecified atom stereocenters. The van der Waals surface area contributed by atoms with E-state index < -0.39 is 0 Å². The third-order valence-corrected chi connectivity index (χ3v) is 3.67. The largest absolute Gasteiger partial charge is 0.113 e. The van der Waals surface area contributed by atoms with Gasteiger partial charge >= 0.3 is 0 Å². The molecule has 68 valence electrons. The quantitative estimate of drug-likeness (QED) is 0.415. The van der Waals surface area contributed by atoms with Gasteiger partial charge in [-0.2, -0.15) is 0 Å². The lowest BCUT2D eigenvalue weighted by molar-refractivity contribution is 0.828. The monoisotopic (exact) mass is 204 g/mol. The van der Waals surface area contributed by atoms with Crippen LogP contribution in [0, 0.1) is 0 Å². The van der Waals surface area contributed by atoms with Crippen molar-refractivity contribution in [1.29, 1.82) is 0 Å². The molecule has 2 atom stereocenters. The summed E-state index contributed by atoms with van der Waals surface area (Å²) in [5.41, 5.74) is 3.52. The molecule has 1 aliphatic carbocycles. The zero-order valence-electron chi connectivity index (χ0n) is 7.91. The van der Waals surface area contributed by atoms with Crippen LogP contribution in [0.15, 0.2) is 22.8 Å². The number of halogens is 2. The van der Waals surface area contributed by atoms with Crippen LogP contribution in [0.4, 0.5) is 0 Å². The van der Waals surface area contributed by atoms with Crippen LogP contribution in [0.2, 0.25) is 0 Å². The van der Waals surface area contributed by atoms with Gasteiger partial charge in [-0.3, -0.25) is 0 Å². The molecule has 2 heteroatoms. The summed E-state index contributed by atoms with van der Waals surface area (Å²) in [6.07, 6.45) is 2.04. The Balaban J connectivity index is 3.15. The second-order valence-electron chi connectivity index (χ2n) is 3.63. The number of hydrogen-bond donors (Lipinski definition) is 0. The van der Waals surface area contributed by atoms with E-state index >= 15 is 0 Å². The summed E-state index contributed by atoms with van der Waals surface area (Å²) in [6, 6.07) is 0. The molecule has 0 aromatic rings. The summed E-state index contributed by atoms with van der Waals surface area (Å²) in [5.74, 6) is 0. The predicted octanol–water partition coefficient (Wildman–Crippen LogP) is 3.89. The molecular formula is C10H14Cl2. The molecule has 0 aliphatic heterocycles. The van der Waals surface area contributed by atoms with Crippen LogP contribution in [0.1, 0.15) is 27.7 Å². The normalized spacial score (nSPS) is 36.8. The van der Waals surface area contributed by atoms with Crippen LogP contribution >= 0.6 is 23.2 Å². The molecule has 0 heterocycles. The fourth-order valence-corrected chi connectivity index (χ4v) is 2.07. The minimum absolute atomic E-state index is 0.0387. The molecule has 0 aromatic carbocycles. The first-order chi connectivity index (χ1) is 5.36. The molecule has 0 spiro atoms. The molecule has 12 heavy (non-hydrogen) atoms. The fraction of sp³-hybridized carbons (Fsp3) is 0.600. The molecule has 0 saturated heterocycles. The summed E-state index contributed by atoms with van der Waals surface area (Å²) >= 11 is 12.4. The van der Waals surface area contributed by atoms with Gasteiger partial charge in [-0.05, 0) is 33.3 Å². The lowest BCUT2D eigenvalue weighted by Gasteiger charge is -2.30. The Morgan fingerprint density at radius 1 is 1.33 bits per heavy atom. The van der Waals surface area contributed by atoms with Crippen molar-refractivity contribution in [3.63, 3.8) is 0 Å². The van der Waals surface area contributed by atoms with Crippen molar-refractivity contribution >= 4 is 23.2 Å². The molecule has 0 nitrogen and oxygen atoms in total. The highest BCUT2D eigenvalue weighted by molar-refractivity contribution is 6.29. The van der Waals surface area contributed by atoms with Crippen molar-refractivity contribution in [1.82, 2.24) is 0 Å². The van der Waals surface area contributed by atoms with E-state index in [1.54, 1.807) is 0 Å². The summed E-state index contributed by atoms with van der Waals surface area (Å²) in [7, 11) is 0. The Kier molecular flexibility index (Phi) is 2.60. The van der Waals surface area contributed by atoms with Crippen molar-refractivity contribution in [2.45, 2.75) is 37.9 Å². The van der Waals surface area contributed by atoms with E-state index in [0.29, 0.717) is 0 Å². The standard InChI is InChI=1S/C10H14Cl2/c1-6-5-10(4,12)8(3)7(2)9(6)11/h5,9H,1-4H3. The third kappa shape index (κ3) is 1.55. The highest BCUT2D eigenvalue weighted by Gasteiger charge is 2.29. The van der Waals surface area contributed by atoms with E-state index in [9.17, 15) is 0 Å². The molecule has 0 bridgehead atoms. The first-order valence-electron chi connectivity index (χ1n) is 4.06. The van der Waals surface area contributed by atoms with Crippen molar-refractivity contribution < 1.29 is 0 Å². The van der Waals surface area contributed by atoms with Crippen molar-refractivity contribution in [3.05, 3.63) is 22.8 Å². The van der Waals surface area contributed by atoms with E-state index in [1.165, 1.54) is 11.1 Å². The number of alkyl halides is 2. The van der Waals surface area contributed by atoms with Gasteiger partial charge in [0.1, 0.15) is 0 Å². The van der Waals surface area contributed by atoms with Gasteiger partial charge in [0.05, 0.1) is 10.3 Å². The third-order valence-electron chi connectivity index (χ3n) is 2.60. The van der Waals surface area contributed by atoms with Crippen LogP contribution in [0.5, 0.6) is 0 Å². The van der Waals surface area contributed by atoms with Gasteiger partial charge < -0.3 is 0 Å². The van der Waals surface area contributed by atoms with Gasteiger partial charge in [-0.1, -0.05) is 17.2 Å². The van der Waals surface area contributed by atoms with Gasteiger partial charge in [0.25, 0.3) is 0 Å². The van der Waals surface area contributed by atoms with Gasteiger partial charge in [0.2, 0.25) is 0 Å². The molecule has 0 fully saturated rings. The van der Waals surface area contributed by atoms with Crippen LogP contribution < -0.4 is 0 Å². The second-order valence-corrected chi connectivity index (χ2v) is 4.86. The molecule has 0 amide bonds. The first-order valence-corrected chi connectivity index (χ1v) is 4.88. The molecule has 0 saturated carbocycles. The van der Waals surface area contributed by atoms with Crippen LogP contribution in [0.3, 0.4) is 0 Å². The van der Waals surface area contributed by atoms with Crippen molar-refractivity contribution in [3.8, 4) is 0 Å². The minimum atomic E-state index is -0.334. The zero-order chi connectivity index (χ0) is 9.52. The van der Waals surface area contributed by atoms with E-state index in [1.807, 2.05) is 33.8 Å². The number of hydrogen-bond acceptors (Lipinski definition) is 0. The summed E-state index contributed by atoms with van der Waals surface area (Å²) in [6.45, 7) is 8.11. The van der Waals surface area contributed by atoms with E-state index in [4.69, 9.17) is 23.2 Å². The van der Waals surface area contributed by atoms with Crippen LogP contribution in [-0.4, -0.2) is 10.3 Å². The lowest BCUT2D eigenvalue weighted by atomic mass is 9.86. The van der Waals surface area contributed by atoms with Crippen LogP contribution in [0.25, 0.3) is 0 Å².